The van der Waals surface area contributed by atoms with Crippen molar-refractivity contribution in [3.8, 4) is 0 Å². The summed E-state index contributed by atoms with van der Waals surface area (Å²) in [6.45, 7) is 2.68. The van der Waals surface area contributed by atoms with E-state index in [-0.39, 0.29) is 17.4 Å². The number of aromatic nitrogens is 2. The van der Waals surface area contributed by atoms with Crippen LogP contribution in [0.5, 0.6) is 0 Å². The fourth-order valence-corrected chi connectivity index (χ4v) is 1.94. The summed E-state index contributed by atoms with van der Waals surface area (Å²) in [5.74, 6) is 0.415. The van der Waals surface area contributed by atoms with Crippen LogP contribution in [0.2, 0.25) is 0 Å². The quantitative estimate of drug-likeness (QED) is 0.674. The number of hydrogen-bond donors (Lipinski definition) is 3. The van der Waals surface area contributed by atoms with Gasteiger partial charge in [0.2, 0.25) is 0 Å². The molecule has 0 spiro atoms. The normalized spacial score (nSPS) is 19.9. The van der Waals surface area contributed by atoms with Crippen molar-refractivity contribution in [1.29, 1.82) is 0 Å². The molecule has 1 atom stereocenters. The van der Waals surface area contributed by atoms with Crippen LogP contribution in [0.3, 0.4) is 0 Å². The number of anilines is 1. The van der Waals surface area contributed by atoms with Crippen molar-refractivity contribution in [2.75, 3.05) is 25.4 Å². The lowest BCUT2D eigenvalue weighted by molar-refractivity contribution is 0.0940. The number of rotatable bonds is 3. The van der Waals surface area contributed by atoms with E-state index in [0.29, 0.717) is 12.5 Å². The second-order valence-electron chi connectivity index (χ2n) is 4.21. The Kier molecular flexibility index (Phi) is 3.87. The van der Waals surface area contributed by atoms with Crippen LogP contribution in [-0.2, 0) is 0 Å². The zero-order valence-corrected chi connectivity index (χ0v) is 9.65. The minimum absolute atomic E-state index is 0.173. The van der Waals surface area contributed by atoms with Crippen molar-refractivity contribution in [3.05, 3.63) is 18.1 Å². The van der Waals surface area contributed by atoms with E-state index in [1.54, 1.807) is 0 Å². The van der Waals surface area contributed by atoms with Crippen molar-refractivity contribution in [1.82, 2.24) is 20.6 Å². The Bertz CT molecular complexity index is 389. The van der Waals surface area contributed by atoms with Crippen molar-refractivity contribution < 1.29 is 4.79 Å². The maximum atomic E-state index is 11.8. The standard InChI is InChI=1S/C11H17N5O/c12-10-9(14-4-5-15-10)11(17)16-7-8-2-1-3-13-6-8/h4-5,8,13H,1-3,6-7H2,(H2,12,15)(H,16,17). The van der Waals surface area contributed by atoms with Gasteiger partial charge in [0.15, 0.2) is 11.5 Å². The molecule has 4 N–H and O–H groups in total. The van der Waals surface area contributed by atoms with Gasteiger partial charge in [-0.1, -0.05) is 0 Å². The first-order chi connectivity index (χ1) is 8.27. The molecule has 6 heteroatoms. The lowest BCUT2D eigenvalue weighted by Gasteiger charge is -2.22. The molecule has 6 nitrogen and oxygen atoms in total. The third-order valence-electron chi connectivity index (χ3n) is 2.89. The summed E-state index contributed by atoms with van der Waals surface area (Å²) in [5, 5.41) is 6.15. The number of nitrogens with one attached hydrogen (secondary N) is 2. The second kappa shape index (κ2) is 5.58. The molecule has 1 unspecified atom stereocenters. The minimum atomic E-state index is -0.249. The molecule has 1 aromatic rings. The van der Waals surface area contributed by atoms with Gasteiger partial charge in [-0.2, -0.15) is 0 Å². The summed E-state index contributed by atoms with van der Waals surface area (Å²) in [4.78, 5) is 19.6. The molecule has 0 aliphatic carbocycles. The summed E-state index contributed by atoms with van der Waals surface area (Å²) >= 11 is 0. The molecule has 1 aliphatic rings. The zero-order chi connectivity index (χ0) is 12.1. The molecular formula is C11H17N5O. The first kappa shape index (κ1) is 11.8. The number of hydrogen-bond acceptors (Lipinski definition) is 5. The van der Waals surface area contributed by atoms with Crippen LogP contribution in [0.4, 0.5) is 5.82 Å². The van der Waals surface area contributed by atoms with Crippen LogP contribution >= 0.6 is 0 Å². The average molecular weight is 235 g/mol. The van der Waals surface area contributed by atoms with E-state index in [2.05, 4.69) is 20.6 Å². The van der Waals surface area contributed by atoms with E-state index in [1.165, 1.54) is 12.4 Å². The molecule has 1 amide bonds. The van der Waals surface area contributed by atoms with E-state index in [1.807, 2.05) is 0 Å². The molecule has 1 saturated heterocycles. The minimum Gasteiger partial charge on any atom is -0.382 e. The summed E-state index contributed by atoms with van der Waals surface area (Å²) in [5.41, 5.74) is 5.79. The molecule has 0 aromatic carbocycles. The van der Waals surface area contributed by atoms with Crippen LogP contribution < -0.4 is 16.4 Å². The van der Waals surface area contributed by atoms with Crippen LogP contribution in [0.1, 0.15) is 23.3 Å². The van der Waals surface area contributed by atoms with Crippen molar-refractivity contribution >= 4 is 11.7 Å². The summed E-state index contributed by atoms with van der Waals surface area (Å²) in [6, 6.07) is 0. The molecule has 92 valence electrons. The Morgan fingerprint density at radius 3 is 3.06 bits per heavy atom. The number of carbonyl (C=O) groups is 1. The van der Waals surface area contributed by atoms with E-state index in [9.17, 15) is 4.79 Å². The molecule has 0 radical (unpaired) electrons. The van der Waals surface area contributed by atoms with Crippen LogP contribution in [0.25, 0.3) is 0 Å². The Morgan fingerprint density at radius 1 is 1.53 bits per heavy atom. The summed E-state index contributed by atoms with van der Waals surface area (Å²) in [7, 11) is 0. The Balaban J connectivity index is 1.87. The van der Waals surface area contributed by atoms with E-state index in [4.69, 9.17) is 5.73 Å². The van der Waals surface area contributed by atoms with E-state index < -0.39 is 0 Å². The lowest BCUT2D eigenvalue weighted by atomic mass is 10.00. The maximum absolute atomic E-state index is 11.8. The molecule has 2 heterocycles. The number of nitrogen functional groups attached to an aromatic ring is 1. The van der Waals surface area contributed by atoms with Gasteiger partial charge in [0, 0.05) is 18.9 Å². The highest BCUT2D eigenvalue weighted by molar-refractivity contribution is 5.96. The topological polar surface area (TPSA) is 92.9 Å². The van der Waals surface area contributed by atoms with Crippen LogP contribution in [0, 0.1) is 5.92 Å². The molecule has 2 rings (SSSR count). The zero-order valence-electron chi connectivity index (χ0n) is 9.65. The fraction of sp³-hybridized carbons (Fsp3) is 0.545. The first-order valence-electron chi connectivity index (χ1n) is 5.83. The lowest BCUT2D eigenvalue weighted by Crippen LogP contribution is -2.38. The molecule has 1 fully saturated rings. The highest BCUT2D eigenvalue weighted by Crippen LogP contribution is 2.09. The van der Waals surface area contributed by atoms with Crippen molar-refractivity contribution in [2.45, 2.75) is 12.8 Å². The number of piperidine rings is 1. The van der Waals surface area contributed by atoms with Gasteiger partial charge < -0.3 is 16.4 Å². The fourth-order valence-electron chi connectivity index (χ4n) is 1.94. The largest absolute Gasteiger partial charge is 0.382 e. The van der Waals surface area contributed by atoms with Crippen LogP contribution in [-0.4, -0.2) is 35.5 Å². The third kappa shape index (κ3) is 3.13. The molecule has 0 bridgehead atoms. The van der Waals surface area contributed by atoms with Gasteiger partial charge >= 0.3 is 0 Å². The average Bonchev–Trinajstić information content (AvgIpc) is 2.38. The molecule has 1 aromatic heterocycles. The number of carbonyl (C=O) groups excluding carboxylic acids is 1. The number of amides is 1. The second-order valence-corrected chi connectivity index (χ2v) is 4.21. The van der Waals surface area contributed by atoms with Gasteiger partial charge in [-0.3, -0.25) is 4.79 Å². The van der Waals surface area contributed by atoms with Gasteiger partial charge in [-0.15, -0.1) is 0 Å². The van der Waals surface area contributed by atoms with E-state index in [0.717, 1.165) is 25.9 Å². The molecule has 17 heavy (non-hydrogen) atoms. The highest BCUT2D eigenvalue weighted by atomic mass is 16.1. The number of nitrogens with zero attached hydrogens (tertiary/aromatic N) is 2. The molecule has 0 saturated carbocycles. The van der Waals surface area contributed by atoms with Gasteiger partial charge in [0.1, 0.15) is 0 Å². The Morgan fingerprint density at radius 2 is 2.35 bits per heavy atom. The molecule has 1 aliphatic heterocycles. The van der Waals surface area contributed by atoms with Crippen molar-refractivity contribution in [2.24, 2.45) is 5.92 Å². The van der Waals surface area contributed by atoms with Crippen molar-refractivity contribution in [3.63, 3.8) is 0 Å². The van der Waals surface area contributed by atoms with Gasteiger partial charge in [0.05, 0.1) is 0 Å². The van der Waals surface area contributed by atoms with Crippen LogP contribution in [0.15, 0.2) is 12.4 Å². The summed E-state index contributed by atoms with van der Waals surface area (Å²) in [6.07, 6.45) is 5.24. The maximum Gasteiger partial charge on any atom is 0.273 e. The van der Waals surface area contributed by atoms with E-state index >= 15 is 0 Å². The Hall–Kier alpha value is -1.69. The predicted molar refractivity (Wildman–Crippen MR) is 64.4 cm³/mol. The third-order valence-corrected chi connectivity index (χ3v) is 2.89. The predicted octanol–water partition coefficient (Wildman–Crippen LogP) is -0.212. The molecular weight excluding hydrogens is 218 g/mol. The first-order valence-corrected chi connectivity index (χ1v) is 5.83. The summed E-state index contributed by atoms with van der Waals surface area (Å²) < 4.78 is 0. The van der Waals surface area contributed by atoms with Gasteiger partial charge in [0.25, 0.3) is 5.91 Å². The van der Waals surface area contributed by atoms with Gasteiger partial charge in [-0.25, -0.2) is 9.97 Å². The smallest absolute Gasteiger partial charge is 0.273 e. The van der Waals surface area contributed by atoms with Gasteiger partial charge in [-0.05, 0) is 31.8 Å². The highest BCUT2D eigenvalue weighted by Gasteiger charge is 2.16. The number of nitrogens with two attached hydrogens (primary N) is 1. The Labute approximate surface area is 100 Å². The SMILES string of the molecule is Nc1nccnc1C(=O)NCC1CCCNC1. The monoisotopic (exact) mass is 235 g/mol.